The summed E-state index contributed by atoms with van der Waals surface area (Å²) in [6.45, 7) is 11.1. The predicted octanol–water partition coefficient (Wildman–Crippen LogP) is 6.05. The van der Waals surface area contributed by atoms with Crippen LogP contribution in [0.4, 0.5) is 0 Å². The van der Waals surface area contributed by atoms with E-state index in [4.69, 9.17) is 14.2 Å². The van der Waals surface area contributed by atoms with Crippen molar-refractivity contribution in [1.29, 1.82) is 0 Å². The lowest BCUT2D eigenvalue weighted by Gasteiger charge is -2.15. The van der Waals surface area contributed by atoms with Crippen LogP contribution in [0.5, 0.6) is 5.75 Å². The van der Waals surface area contributed by atoms with E-state index in [1.165, 1.54) is 15.3 Å². The van der Waals surface area contributed by atoms with Crippen LogP contribution in [0.2, 0.25) is 0 Å². The first-order valence-electron chi connectivity index (χ1n) is 12.9. The lowest BCUT2D eigenvalue weighted by molar-refractivity contribution is -0.156. The molecule has 0 aliphatic rings. The summed E-state index contributed by atoms with van der Waals surface area (Å²) in [5, 5.41) is 12.7. The molecule has 0 N–H and O–H groups in total. The van der Waals surface area contributed by atoms with Gasteiger partial charge in [-0.3, -0.25) is 0 Å². The number of aromatic nitrogens is 4. The Labute approximate surface area is 227 Å². The van der Waals surface area contributed by atoms with E-state index in [2.05, 4.69) is 40.5 Å². The molecule has 2 heterocycles. The summed E-state index contributed by atoms with van der Waals surface area (Å²) < 4.78 is 16.8. The van der Waals surface area contributed by atoms with E-state index in [1.807, 2.05) is 57.2 Å². The Hall–Kier alpha value is -3.56. The summed E-state index contributed by atoms with van der Waals surface area (Å²) in [5.74, 6) is 1.07. The molecule has 0 amide bonds. The Kier molecular flexibility index (Phi) is 9.25. The van der Waals surface area contributed by atoms with E-state index in [-0.39, 0.29) is 12.0 Å². The summed E-state index contributed by atoms with van der Waals surface area (Å²) in [7, 11) is 0. The van der Waals surface area contributed by atoms with Crippen LogP contribution in [0, 0.1) is 6.92 Å². The molecule has 2 aromatic heterocycles. The van der Waals surface area contributed by atoms with E-state index in [1.54, 1.807) is 23.1 Å². The Balaban J connectivity index is 1.36. The maximum Gasteiger partial charge on any atom is 0.335 e. The first-order valence-corrected chi connectivity index (χ1v) is 13.7. The molecule has 4 rings (SSSR count). The molecule has 1 atom stereocenters. The number of carbonyl (C=O) groups is 1. The minimum Gasteiger partial charge on any atom is -0.488 e. The number of rotatable bonds is 12. The molecule has 0 radical (unpaired) electrons. The summed E-state index contributed by atoms with van der Waals surface area (Å²) in [4.78, 5) is 16.1. The molecule has 0 spiro atoms. The number of ether oxygens (including phenoxy) is 3. The third-order valence-electron chi connectivity index (χ3n) is 5.97. The molecule has 0 saturated heterocycles. The maximum atomic E-state index is 12.1. The number of thiophene rings is 1. The molecule has 9 heteroatoms. The van der Waals surface area contributed by atoms with Crippen molar-refractivity contribution in [3.05, 3.63) is 70.6 Å². The number of aryl methyl sites for hydroxylation is 1. The number of hydrogen-bond donors (Lipinski definition) is 0. The Morgan fingerprint density at radius 3 is 2.34 bits per heavy atom. The second-order valence-corrected chi connectivity index (χ2v) is 10.3. The normalized spacial score (nSPS) is 12.1. The van der Waals surface area contributed by atoms with Crippen LogP contribution in [0.25, 0.3) is 21.8 Å². The predicted molar refractivity (Wildman–Crippen MR) is 148 cm³/mol. The highest BCUT2D eigenvalue weighted by atomic mass is 32.1. The topological polar surface area (TPSA) is 88.4 Å². The van der Waals surface area contributed by atoms with Gasteiger partial charge in [0.25, 0.3) is 0 Å². The second-order valence-electron chi connectivity index (χ2n) is 9.15. The minimum absolute atomic E-state index is 0.173. The van der Waals surface area contributed by atoms with Crippen LogP contribution < -0.4 is 4.74 Å². The average molecular weight is 535 g/mol. The van der Waals surface area contributed by atoms with Gasteiger partial charge in [-0.15, -0.1) is 21.5 Å². The fourth-order valence-corrected chi connectivity index (χ4v) is 4.97. The van der Waals surface area contributed by atoms with E-state index in [9.17, 15) is 4.79 Å². The zero-order valence-corrected chi connectivity index (χ0v) is 23.3. The number of benzene rings is 2. The molecule has 200 valence electrons. The fraction of sp³-hybridized carbons (Fsp3) is 0.379. The van der Waals surface area contributed by atoms with Gasteiger partial charge in [0.2, 0.25) is 5.82 Å². The third-order valence-corrected chi connectivity index (χ3v) is 7.23. The van der Waals surface area contributed by atoms with Crippen molar-refractivity contribution in [1.82, 2.24) is 20.2 Å². The number of tetrazole rings is 1. The monoisotopic (exact) mass is 534 g/mol. The molecular formula is C29H34N4O4S. The van der Waals surface area contributed by atoms with Gasteiger partial charge in [-0.05, 0) is 74.7 Å². The largest absolute Gasteiger partial charge is 0.488 e. The first-order chi connectivity index (χ1) is 18.4. The third kappa shape index (κ3) is 6.85. The molecule has 0 aliphatic heterocycles. The summed E-state index contributed by atoms with van der Waals surface area (Å²) in [5.41, 5.74) is 4.26. The fourth-order valence-electron chi connectivity index (χ4n) is 3.88. The van der Waals surface area contributed by atoms with Crippen LogP contribution in [0.1, 0.15) is 49.7 Å². The van der Waals surface area contributed by atoms with Crippen LogP contribution in [-0.4, -0.2) is 45.5 Å². The Morgan fingerprint density at radius 1 is 1.00 bits per heavy atom. The second kappa shape index (κ2) is 12.8. The zero-order chi connectivity index (χ0) is 27.1. The van der Waals surface area contributed by atoms with E-state index in [0.717, 1.165) is 22.4 Å². The van der Waals surface area contributed by atoms with E-state index < -0.39 is 6.10 Å². The van der Waals surface area contributed by atoms with Crippen molar-refractivity contribution in [2.45, 2.75) is 59.8 Å². The van der Waals surface area contributed by atoms with Gasteiger partial charge in [0.1, 0.15) is 12.4 Å². The lowest BCUT2D eigenvalue weighted by atomic mass is 10.1. The Bertz CT molecular complexity index is 1330. The molecule has 0 aliphatic carbocycles. The zero-order valence-electron chi connectivity index (χ0n) is 22.5. The maximum absolute atomic E-state index is 12.1. The van der Waals surface area contributed by atoms with Crippen LogP contribution in [0.3, 0.4) is 0 Å². The van der Waals surface area contributed by atoms with Gasteiger partial charge >= 0.3 is 5.97 Å². The van der Waals surface area contributed by atoms with E-state index in [0.29, 0.717) is 32.1 Å². The van der Waals surface area contributed by atoms with Crippen molar-refractivity contribution in [2.24, 2.45) is 0 Å². The quantitative estimate of drug-likeness (QED) is 0.205. The highest BCUT2D eigenvalue weighted by Crippen LogP contribution is 2.33. The van der Waals surface area contributed by atoms with Gasteiger partial charge in [-0.2, -0.15) is 4.80 Å². The first kappa shape index (κ1) is 27.5. The molecule has 1 unspecified atom stereocenters. The smallest absolute Gasteiger partial charge is 0.335 e. The SMILES string of the molecule is CCOC(=O)C(Cc1ccc(OCc2sc(-c3ccc(-c4nnn(C(C)C)n4)cc3)cc2C)cc1)OCC. The summed E-state index contributed by atoms with van der Waals surface area (Å²) in [6, 6.07) is 18.4. The molecule has 0 fully saturated rings. The van der Waals surface area contributed by atoms with Crippen molar-refractivity contribution in [3.63, 3.8) is 0 Å². The minimum atomic E-state index is -0.599. The van der Waals surface area contributed by atoms with E-state index >= 15 is 0 Å². The van der Waals surface area contributed by atoms with Crippen LogP contribution >= 0.6 is 11.3 Å². The van der Waals surface area contributed by atoms with Gasteiger partial charge in [-0.1, -0.05) is 36.4 Å². The summed E-state index contributed by atoms with van der Waals surface area (Å²) in [6.07, 6.45) is -0.135. The highest BCUT2D eigenvalue weighted by molar-refractivity contribution is 7.15. The Morgan fingerprint density at radius 2 is 1.71 bits per heavy atom. The number of nitrogens with zero attached hydrogens (tertiary/aromatic N) is 4. The van der Waals surface area contributed by atoms with Crippen LogP contribution in [0.15, 0.2) is 54.6 Å². The average Bonchev–Trinajstić information content (AvgIpc) is 3.56. The van der Waals surface area contributed by atoms with Crippen molar-refractivity contribution in [3.8, 4) is 27.6 Å². The standard InChI is InChI=1S/C29H34N4O4S/c1-6-35-25(29(34)36-7-2)17-21-8-14-24(15-9-21)37-18-27-20(5)16-26(38-27)22-10-12-23(13-11-22)28-30-32-33(31-28)19(3)4/h8-16,19,25H,6-7,17-18H2,1-5H3. The van der Waals surface area contributed by atoms with Gasteiger partial charge in [0.15, 0.2) is 6.10 Å². The van der Waals surface area contributed by atoms with Crippen molar-refractivity contribution >= 4 is 17.3 Å². The molecule has 2 aromatic carbocycles. The number of carbonyl (C=O) groups excluding carboxylic acids is 1. The number of esters is 1. The van der Waals surface area contributed by atoms with Gasteiger partial charge < -0.3 is 14.2 Å². The van der Waals surface area contributed by atoms with Gasteiger partial charge in [0, 0.05) is 28.3 Å². The van der Waals surface area contributed by atoms with Crippen molar-refractivity contribution < 1.29 is 19.0 Å². The van der Waals surface area contributed by atoms with Gasteiger partial charge in [0.05, 0.1) is 12.6 Å². The summed E-state index contributed by atoms with van der Waals surface area (Å²) >= 11 is 1.73. The molecule has 0 bridgehead atoms. The molecule has 0 saturated carbocycles. The van der Waals surface area contributed by atoms with Gasteiger partial charge in [-0.25, -0.2) is 4.79 Å². The highest BCUT2D eigenvalue weighted by Gasteiger charge is 2.20. The molecule has 8 nitrogen and oxygen atoms in total. The molecular weight excluding hydrogens is 500 g/mol. The molecule has 38 heavy (non-hydrogen) atoms. The van der Waals surface area contributed by atoms with Crippen molar-refractivity contribution in [2.75, 3.05) is 13.2 Å². The van der Waals surface area contributed by atoms with Crippen LogP contribution in [-0.2, 0) is 27.3 Å². The number of hydrogen-bond acceptors (Lipinski definition) is 8. The lowest BCUT2D eigenvalue weighted by Crippen LogP contribution is -2.28. The molecule has 4 aromatic rings.